The lowest BCUT2D eigenvalue weighted by Crippen LogP contribution is -2.12. The zero-order valence-corrected chi connectivity index (χ0v) is 18.5. The molecule has 0 saturated carbocycles. The molecule has 0 unspecified atom stereocenters. The van der Waals surface area contributed by atoms with E-state index >= 15 is 0 Å². The summed E-state index contributed by atoms with van der Waals surface area (Å²) in [6, 6.07) is 12.1. The van der Waals surface area contributed by atoms with Gasteiger partial charge in [-0.05, 0) is 24.6 Å². The molecule has 3 aromatic rings. The SMILES string of the molecule is CCOC(=O)c1c(-c2ccccc2)csc1NC(=O)C=Cc1cc([N+](=O)[O-])ccc1OC(F)F. The molecule has 0 atom stereocenters. The summed E-state index contributed by atoms with van der Waals surface area (Å²) in [6.07, 6.45) is 2.10. The normalized spacial score (nSPS) is 10.9. The van der Waals surface area contributed by atoms with Crippen molar-refractivity contribution >= 4 is 40.0 Å². The first kappa shape index (κ1) is 24.5. The fraction of sp³-hybridized carbons (Fsp3) is 0.130. The number of alkyl halides is 2. The van der Waals surface area contributed by atoms with E-state index in [1.807, 2.05) is 18.2 Å². The first-order chi connectivity index (χ1) is 16.3. The quantitative estimate of drug-likeness (QED) is 0.178. The first-order valence-electron chi connectivity index (χ1n) is 9.86. The van der Waals surface area contributed by atoms with E-state index in [4.69, 9.17) is 4.74 Å². The van der Waals surface area contributed by atoms with Gasteiger partial charge in [0.05, 0.1) is 11.5 Å². The van der Waals surface area contributed by atoms with Crippen LogP contribution in [0.5, 0.6) is 5.75 Å². The molecule has 34 heavy (non-hydrogen) atoms. The average Bonchev–Trinajstić information content (AvgIpc) is 3.22. The second kappa shape index (κ2) is 11.1. The molecule has 0 spiro atoms. The molecule has 1 heterocycles. The highest BCUT2D eigenvalue weighted by Crippen LogP contribution is 2.36. The maximum absolute atomic E-state index is 12.7. The topological polar surface area (TPSA) is 108 Å². The summed E-state index contributed by atoms with van der Waals surface area (Å²) in [5, 5.41) is 15.5. The van der Waals surface area contributed by atoms with Crippen molar-refractivity contribution < 1.29 is 32.8 Å². The van der Waals surface area contributed by atoms with Gasteiger partial charge in [-0.2, -0.15) is 8.78 Å². The van der Waals surface area contributed by atoms with Gasteiger partial charge in [0.15, 0.2) is 0 Å². The summed E-state index contributed by atoms with van der Waals surface area (Å²) in [5.74, 6) is -1.64. The third-order valence-corrected chi connectivity index (χ3v) is 5.32. The number of nitro benzene ring substituents is 1. The molecule has 0 aliphatic rings. The third kappa shape index (κ3) is 6.01. The second-order valence-electron chi connectivity index (χ2n) is 6.62. The van der Waals surface area contributed by atoms with Crippen molar-refractivity contribution in [3.8, 4) is 16.9 Å². The molecule has 2 aromatic carbocycles. The van der Waals surface area contributed by atoms with Crippen LogP contribution in [0.3, 0.4) is 0 Å². The minimum absolute atomic E-state index is 0.0913. The Kier molecular flexibility index (Phi) is 8.04. The van der Waals surface area contributed by atoms with Crippen LogP contribution in [-0.2, 0) is 9.53 Å². The Morgan fingerprint density at radius 2 is 1.94 bits per heavy atom. The van der Waals surface area contributed by atoms with Crippen LogP contribution in [0.25, 0.3) is 17.2 Å². The summed E-state index contributed by atoms with van der Waals surface area (Å²) in [5.41, 5.74) is 1.05. The number of esters is 1. The van der Waals surface area contributed by atoms with Crippen LogP contribution in [0.15, 0.2) is 60.0 Å². The molecular formula is C23H18F2N2O6S. The van der Waals surface area contributed by atoms with E-state index in [0.29, 0.717) is 5.56 Å². The highest BCUT2D eigenvalue weighted by atomic mass is 32.1. The van der Waals surface area contributed by atoms with Gasteiger partial charge < -0.3 is 14.8 Å². The van der Waals surface area contributed by atoms with Gasteiger partial charge in [-0.15, -0.1) is 11.3 Å². The minimum atomic E-state index is -3.16. The van der Waals surface area contributed by atoms with E-state index < -0.39 is 23.4 Å². The Bertz CT molecular complexity index is 1230. The summed E-state index contributed by atoms with van der Waals surface area (Å²) in [7, 11) is 0. The Balaban J connectivity index is 1.89. The average molecular weight is 488 g/mol. The Hall–Kier alpha value is -4.12. The number of ether oxygens (including phenoxy) is 2. The lowest BCUT2D eigenvalue weighted by molar-refractivity contribution is -0.384. The largest absolute Gasteiger partial charge is 0.462 e. The van der Waals surface area contributed by atoms with Crippen LogP contribution in [0, 0.1) is 10.1 Å². The number of nitro groups is 1. The van der Waals surface area contributed by atoms with Gasteiger partial charge in [0.1, 0.15) is 16.3 Å². The molecule has 1 amide bonds. The molecule has 0 radical (unpaired) electrons. The van der Waals surface area contributed by atoms with Gasteiger partial charge in [0.25, 0.3) is 5.69 Å². The van der Waals surface area contributed by atoms with Crippen molar-refractivity contribution in [3.05, 3.63) is 81.2 Å². The Morgan fingerprint density at radius 3 is 2.59 bits per heavy atom. The number of hydrogen-bond acceptors (Lipinski definition) is 7. The number of benzene rings is 2. The van der Waals surface area contributed by atoms with E-state index in [0.717, 1.165) is 47.3 Å². The van der Waals surface area contributed by atoms with Gasteiger partial charge in [0, 0.05) is 34.7 Å². The molecule has 1 aromatic heterocycles. The number of nitrogens with zero attached hydrogens (tertiary/aromatic N) is 1. The van der Waals surface area contributed by atoms with E-state index in [9.17, 15) is 28.5 Å². The number of hydrogen-bond donors (Lipinski definition) is 1. The fourth-order valence-corrected chi connectivity index (χ4v) is 3.95. The zero-order valence-electron chi connectivity index (χ0n) is 17.7. The minimum Gasteiger partial charge on any atom is -0.462 e. The van der Waals surface area contributed by atoms with Crippen molar-refractivity contribution in [1.82, 2.24) is 0 Å². The lowest BCUT2D eigenvalue weighted by Gasteiger charge is -2.08. The summed E-state index contributed by atoms with van der Waals surface area (Å²) in [4.78, 5) is 35.5. The predicted molar refractivity (Wildman–Crippen MR) is 123 cm³/mol. The fourth-order valence-electron chi connectivity index (χ4n) is 2.99. The summed E-state index contributed by atoms with van der Waals surface area (Å²) >= 11 is 1.11. The summed E-state index contributed by atoms with van der Waals surface area (Å²) < 4.78 is 34.8. The van der Waals surface area contributed by atoms with Crippen LogP contribution < -0.4 is 10.1 Å². The molecule has 0 aliphatic carbocycles. The van der Waals surface area contributed by atoms with Crippen molar-refractivity contribution in [2.75, 3.05) is 11.9 Å². The monoisotopic (exact) mass is 488 g/mol. The zero-order chi connectivity index (χ0) is 24.7. The highest BCUT2D eigenvalue weighted by molar-refractivity contribution is 7.15. The molecule has 176 valence electrons. The number of nitrogens with one attached hydrogen (secondary N) is 1. The van der Waals surface area contributed by atoms with Crippen molar-refractivity contribution in [3.63, 3.8) is 0 Å². The molecule has 3 rings (SSSR count). The molecule has 11 heteroatoms. The maximum Gasteiger partial charge on any atom is 0.387 e. The van der Waals surface area contributed by atoms with Crippen LogP contribution in [0.4, 0.5) is 19.5 Å². The van der Waals surface area contributed by atoms with Crippen molar-refractivity contribution in [2.24, 2.45) is 0 Å². The van der Waals surface area contributed by atoms with E-state index in [1.54, 1.807) is 24.4 Å². The number of rotatable bonds is 9. The number of thiophene rings is 1. The number of non-ortho nitro benzene ring substituents is 1. The molecule has 8 nitrogen and oxygen atoms in total. The molecular weight excluding hydrogens is 470 g/mol. The number of amides is 1. The Morgan fingerprint density at radius 1 is 1.21 bits per heavy atom. The maximum atomic E-state index is 12.7. The van der Waals surface area contributed by atoms with Gasteiger partial charge in [0.2, 0.25) is 5.91 Å². The molecule has 0 bridgehead atoms. The number of carbonyl (C=O) groups excluding carboxylic acids is 2. The van der Waals surface area contributed by atoms with Crippen LogP contribution in [0.1, 0.15) is 22.8 Å². The van der Waals surface area contributed by atoms with E-state index in [2.05, 4.69) is 10.1 Å². The van der Waals surface area contributed by atoms with E-state index in [-0.39, 0.29) is 34.2 Å². The van der Waals surface area contributed by atoms with Gasteiger partial charge in [-0.1, -0.05) is 30.3 Å². The van der Waals surface area contributed by atoms with E-state index in [1.165, 1.54) is 0 Å². The Labute approximate surface area is 196 Å². The number of halogens is 2. The second-order valence-corrected chi connectivity index (χ2v) is 7.50. The predicted octanol–water partition coefficient (Wildman–Crippen LogP) is 5.75. The van der Waals surface area contributed by atoms with Gasteiger partial charge in [-0.25, -0.2) is 4.79 Å². The van der Waals surface area contributed by atoms with Crippen LogP contribution in [0.2, 0.25) is 0 Å². The molecule has 1 N–H and O–H groups in total. The summed E-state index contributed by atoms with van der Waals surface area (Å²) in [6.45, 7) is -1.36. The van der Waals surface area contributed by atoms with Crippen molar-refractivity contribution in [2.45, 2.75) is 13.5 Å². The standard InChI is InChI=1S/C23H18F2N2O6S/c1-2-32-22(29)20-17(14-6-4-3-5-7-14)13-34-21(20)26-19(28)11-8-15-12-16(27(30)31)9-10-18(15)33-23(24)25/h3-13,23H,2H2,1H3,(H,26,28). The molecule has 0 fully saturated rings. The van der Waals surface area contributed by atoms with Gasteiger partial charge in [-0.3, -0.25) is 14.9 Å². The van der Waals surface area contributed by atoms with Crippen molar-refractivity contribution in [1.29, 1.82) is 0 Å². The van der Waals surface area contributed by atoms with Crippen LogP contribution >= 0.6 is 11.3 Å². The molecule has 0 aliphatic heterocycles. The highest BCUT2D eigenvalue weighted by Gasteiger charge is 2.22. The third-order valence-electron chi connectivity index (χ3n) is 4.43. The van der Waals surface area contributed by atoms with Gasteiger partial charge >= 0.3 is 12.6 Å². The number of carbonyl (C=O) groups is 2. The number of anilines is 1. The smallest absolute Gasteiger partial charge is 0.387 e. The first-order valence-corrected chi connectivity index (χ1v) is 10.7. The molecule has 0 saturated heterocycles. The lowest BCUT2D eigenvalue weighted by atomic mass is 10.0. The van der Waals surface area contributed by atoms with Crippen LogP contribution in [-0.4, -0.2) is 30.0 Å².